The van der Waals surface area contributed by atoms with E-state index in [1.165, 1.54) is 33.4 Å². The topological polar surface area (TPSA) is 0 Å². The highest BCUT2D eigenvalue weighted by Crippen LogP contribution is 2.50. The van der Waals surface area contributed by atoms with Crippen molar-refractivity contribution in [3.63, 3.8) is 0 Å². The minimum atomic E-state index is 0.474. The summed E-state index contributed by atoms with van der Waals surface area (Å²) in [5, 5.41) is 0. The van der Waals surface area contributed by atoms with Crippen molar-refractivity contribution in [3.8, 4) is 0 Å². The molecule has 2 atom stereocenters. The monoisotopic (exact) mass is 280 g/mol. The van der Waals surface area contributed by atoms with E-state index >= 15 is 0 Å². The second kappa shape index (κ2) is 4.45. The van der Waals surface area contributed by atoms with E-state index in [1.807, 2.05) is 0 Å². The number of hydrogen-bond donors (Lipinski definition) is 0. The second-order valence-electron chi connectivity index (χ2n) is 6.22. The van der Waals surface area contributed by atoms with Gasteiger partial charge in [0, 0.05) is 11.8 Å². The summed E-state index contributed by atoms with van der Waals surface area (Å²) < 4.78 is 0. The smallest absolute Gasteiger partial charge is 0.0205 e. The van der Waals surface area contributed by atoms with Crippen molar-refractivity contribution in [3.05, 3.63) is 113 Å². The second-order valence-corrected chi connectivity index (χ2v) is 6.22. The largest absolute Gasteiger partial charge is 0.0622 e. The first-order valence-corrected chi connectivity index (χ1v) is 7.87. The van der Waals surface area contributed by atoms with Crippen LogP contribution in [-0.4, -0.2) is 0 Å². The van der Waals surface area contributed by atoms with Crippen molar-refractivity contribution in [1.29, 1.82) is 0 Å². The molecule has 1 aromatic carbocycles. The molecule has 4 aliphatic rings. The van der Waals surface area contributed by atoms with Crippen LogP contribution in [0, 0.1) is 11.8 Å². The molecule has 0 aliphatic heterocycles. The van der Waals surface area contributed by atoms with Gasteiger partial charge >= 0.3 is 0 Å². The SMILES string of the molecule is C1=CC2=CC=C3C=CC(c4ccccc4)=C4C=CC(=C1)C2C34. The lowest BCUT2D eigenvalue weighted by Crippen LogP contribution is -2.29. The molecule has 0 saturated carbocycles. The van der Waals surface area contributed by atoms with Crippen molar-refractivity contribution in [1.82, 2.24) is 0 Å². The molecule has 0 radical (unpaired) electrons. The van der Waals surface area contributed by atoms with Crippen LogP contribution < -0.4 is 0 Å². The summed E-state index contributed by atoms with van der Waals surface area (Å²) in [6.45, 7) is 0. The normalized spacial score (nSPS) is 27.2. The van der Waals surface area contributed by atoms with Gasteiger partial charge in [-0.2, -0.15) is 0 Å². The minimum Gasteiger partial charge on any atom is -0.0622 e. The Morgan fingerprint density at radius 1 is 0.591 bits per heavy atom. The molecule has 5 rings (SSSR count). The van der Waals surface area contributed by atoms with Crippen LogP contribution in [0.1, 0.15) is 5.56 Å². The fraction of sp³-hybridized carbons (Fsp3) is 0.0909. The Kier molecular flexibility index (Phi) is 2.42. The Morgan fingerprint density at radius 2 is 1.32 bits per heavy atom. The minimum absolute atomic E-state index is 0.474. The molecule has 0 N–H and O–H groups in total. The Bertz CT molecular complexity index is 864. The van der Waals surface area contributed by atoms with Gasteiger partial charge < -0.3 is 0 Å². The maximum atomic E-state index is 2.33. The first-order valence-electron chi connectivity index (χ1n) is 7.87. The molecule has 104 valence electrons. The number of benzene rings is 1. The molecule has 4 aliphatic carbocycles. The van der Waals surface area contributed by atoms with Gasteiger partial charge in [0.1, 0.15) is 0 Å². The summed E-state index contributed by atoms with van der Waals surface area (Å²) in [6.07, 6.45) is 20.5. The molecule has 0 fully saturated rings. The highest BCUT2D eigenvalue weighted by molar-refractivity contribution is 5.83. The van der Waals surface area contributed by atoms with E-state index in [1.54, 1.807) is 0 Å². The van der Waals surface area contributed by atoms with Crippen molar-refractivity contribution >= 4 is 5.57 Å². The van der Waals surface area contributed by atoms with Crippen LogP contribution >= 0.6 is 0 Å². The van der Waals surface area contributed by atoms with E-state index in [4.69, 9.17) is 0 Å². The van der Waals surface area contributed by atoms with Gasteiger partial charge in [0.2, 0.25) is 0 Å². The van der Waals surface area contributed by atoms with E-state index < -0.39 is 0 Å². The van der Waals surface area contributed by atoms with Gasteiger partial charge in [0.25, 0.3) is 0 Å². The molecule has 22 heavy (non-hydrogen) atoms. The number of rotatable bonds is 1. The average molecular weight is 280 g/mol. The van der Waals surface area contributed by atoms with Crippen LogP contribution in [0.3, 0.4) is 0 Å². The van der Waals surface area contributed by atoms with Crippen LogP contribution in [0.2, 0.25) is 0 Å². The molecule has 0 heteroatoms. The Balaban J connectivity index is 1.76. The molecular weight excluding hydrogens is 264 g/mol. The van der Waals surface area contributed by atoms with E-state index in [0.717, 1.165) is 0 Å². The van der Waals surface area contributed by atoms with Gasteiger partial charge in [-0.25, -0.2) is 0 Å². The van der Waals surface area contributed by atoms with Gasteiger partial charge in [-0.15, -0.1) is 0 Å². The van der Waals surface area contributed by atoms with Crippen molar-refractivity contribution in [2.24, 2.45) is 11.8 Å². The Labute approximate surface area is 130 Å². The summed E-state index contributed by atoms with van der Waals surface area (Å²) in [6, 6.07) is 10.7. The average Bonchev–Trinajstić information content (AvgIpc) is 2.60. The van der Waals surface area contributed by atoms with E-state index in [0.29, 0.717) is 11.8 Å². The molecule has 0 bridgehead atoms. The lowest BCUT2D eigenvalue weighted by atomic mass is 9.63. The molecule has 0 nitrogen and oxygen atoms in total. The first kappa shape index (κ1) is 12.0. The maximum absolute atomic E-state index is 2.33. The van der Waals surface area contributed by atoms with Gasteiger partial charge in [0.15, 0.2) is 0 Å². The molecule has 0 saturated heterocycles. The maximum Gasteiger partial charge on any atom is 0.0205 e. The van der Waals surface area contributed by atoms with Gasteiger partial charge in [-0.3, -0.25) is 0 Å². The van der Waals surface area contributed by atoms with E-state index in [-0.39, 0.29) is 0 Å². The van der Waals surface area contributed by atoms with Gasteiger partial charge in [0.05, 0.1) is 0 Å². The molecule has 0 spiro atoms. The molecule has 0 amide bonds. The Morgan fingerprint density at radius 3 is 2.18 bits per heavy atom. The first-order chi connectivity index (χ1) is 10.9. The molecule has 0 aromatic heterocycles. The summed E-state index contributed by atoms with van der Waals surface area (Å²) in [7, 11) is 0. The fourth-order valence-corrected chi connectivity index (χ4v) is 4.08. The predicted octanol–water partition coefficient (Wildman–Crippen LogP) is 5.17. The zero-order valence-electron chi connectivity index (χ0n) is 12.2. The number of allylic oxidation sites excluding steroid dienone is 14. The third-order valence-corrected chi connectivity index (χ3v) is 5.08. The molecule has 1 aromatic rings. The molecule has 2 unspecified atom stereocenters. The third kappa shape index (κ3) is 1.58. The lowest BCUT2D eigenvalue weighted by Gasteiger charge is -2.40. The zero-order valence-corrected chi connectivity index (χ0v) is 12.2. The van der Waals surface area contributed by atoms with Crippen LogP contribution in [-0.2, 0) is 0 Å². The fourth-order valence-electron chi connectivity index (χ4n) is 4.08. The van der Waals surface area contributed by atoms with Crippen LogP contribution in [0.15, 0.2) is 107 Å². The summed E-state index contributed by atoms with van der Waals surface area (Å²) >= 11 is 0. The van der Waals surface area contributed by atoms with E-state index in [2.05, 4.69) is 85.0 Å². The van der Waals surface area contributed by atoms with Crippen LogP contribution in [0.5, 0.6) is 0 Å². The highest BCUT2D eigenvalue weighted by Gasteiger charge is 2.38. The van der Waals surface area contributed by atoms with Crippen molar-refractivity contribution < 1.29 is 0 Å². The zero-order chi connectivity index (χ0) is 14.5. The molecule has 0 heterocycles. The highest BCUT2D eigenvalue weighted by atomic mass is 14.4. The van der Waals surface area contributed by atoms with Crippen LogP contribution in [0.25, 0.3) is 5.57 Å². The molecular formula is C22H16. The van der Waals surface area contributed by atoms with E-state index in [9.17, 15) is 0 Å². The van der Waals surface area contributed by atoms with Crippen LogP contribution in [0.4, 0.5) is 0 Å². The van der Waals surface area contributed by atoms with Gasteiger partial charge in [-0.1, -0.05) is 85.0 Å². The lowest BCUT2D eigenvalue weighted by molar-refractivity contribution is 0.566. The summed E-state index contributed by atoms with van der Waals surface area (Å²) in [5.41, 5.74) is 8.46. The Hall–Kier alpha value is -2.60. The quantitative estimate of drug-likeness (QED) is 0.665. The summed E-state index contributed by atoms with van der Waals surface area (Å²) in [5.74, 6) is 0.968. The van der Waals surface area contributed by atoms with Crippen molar-refractivity contribution in [2.45, 2.75) is 0 Å². The van der Waals surface area contributed by atoms with Gasteiger partial charge in [-0.05, 0) is 33.4 Å². The number of hydrogen-bond acceptors (Lipinski definition) is 0. The summed E-state index contributed by atoms with van der Waals surface area (Å²) in [4.78, 5) is 0. The third-order valence-electron chi connectivity index (χ3n) is 5.08. The van der Waals surface area contributed by atoms with Crippen molar-refractivity contribution in [2.75, 3.05) is 0 Å². The predicted molar refractivity (Wildman–Crippen MR) is 92.0 cm³/mol. The standard InChI is InChI=1S/C22H16/c1-2-5-15(6-3-1)19-13-11-18-10-9-16-7-4-8-17-12-14-20(19)22(18)21(16)17/h1-14,21-22H.